The molecule has 0 spiro atoms. The molecule has 5 heteroatoms. The summed E-state index contributed by atoms with van der Waals surface area (Å²) in [4.78, 5) is 13.3. The van der Waals surface area contributed by atoms with E-state index in [0.29, 0.717) is 17.3 Å². The highest BCUT2D eigenvalue weighted by molar-refractivity contribution is 7.12. The summed E-state index contributed by atoms with van der Waals surface area (Å²) in [5, 5.41) is 6.54. The minimum Gasteiger partial charge on any atom is -0.286 e. The fraction of sp³-hybridized carbons (Fsp3) is 0.385. The Bertz CT molecular complexity index is 559. The lowest BCUT2D eigenvalue weighted by Crippen LogP contribution is -2.12. The van der Waals surface area contributed by atoms with Crippen molar-refractivity contribution in [1.82, 2.24) is 9.78 Å². The molecule has 0 aromatic carbocycles. The number of carbonyl (C=O) groups excluding carboxylic acids is 1. The van der Waals surface area contributed by atoms with Crippen molar-refractivity contribution in [2.24, 2.45) is 0 Å². The van der Waals surface area contributed by atoms with Crippen LogP contribution in [-0.4, -0.2) is 15.6 Å². The minimum absolute atomic E-state index is 0.0159. The molecule has 2 aromatic rings. The van der Waals surface area contributed by atoms with Gasteiger partial charge in [-0.3, -0.25) is 9.48 Å². The van der Waals surface area contributed by atoms with Gasteiger partial charge >= 0.3 is 0 Å². The zero-order valence-corrected chi connectivity index (χ0v) is 12.0. The molecule has 0 radical (unpaired) electrons. The number of thiophene rings is 1. The van der Waals surface area contributed by atoms with E-state index in [1.165, 1.54) is 11.3 Å². The van der Waals surface area contributed by atoms with Gasteiger partial charge in [0, 0.05) is 6.54 Å². The third kappa shape index (κ3) is 2.35. The Kier molecular flexibility index (Phi) is 4.19. The van der Waals surface area contributed by atoms with Gasteiger partial charge in [0.15, 0.2) is 0 Å². The average molecular weight is 283 g/mol. The largest absolute Gasteiger partial charge is 0.286 e. The summed E-state index contributed by atoms with van der Waals surface area (Å²) in [5.74, 6) is -0.0159. The number of hydrogen-bond donors (Lipinski definition) is 0. The van der Waals surface area contributed by atoms with Crippen LogP contribution in [0.1, 0.15) is 41.2 Å². The molecule has 0 fully saturated rings. The molecule has 0 aliphatic carbocycles. The van der Waals surface area contributed by atoms with Crippen molar-refractivity contribution < 1.29 is 4.79 Å². The lowest BCUT2D eigenvalue weighted by molar-refractivity contribution is 0.103. The number of halogens is 1. The van der Waals surface area contributed by atoms with Crippen molar-refractivity contribution >= 4 is 28.7 Å². The number of aromatic nitrogens is 2. The van der Waals surface area contributed by atoms with E-state index in [4.69, 9.17) is 11.6 Å². The first kappa shape index (κ1) is 13.3. The molecule has 2 rings (SSSR count). The van der Waals surface area contributed by atoms with Crippen molar-refractivity contribution in [3.05, 3.63) is 38.8 Å². The van der Waals surface area contributed by atoms with Gasteiger partial charge < -0.3 is 0 Å². The van der Waals surface area contributed by atoms with Crippen LogP contribution < -0.4 is 0 Å². The Morgan fingerprint density at radius 1 is 1.50 bits per heavy atom. The fourth-order valence-electron chi connectivity index (χ4n) is 1.89. The van der Waals surface area contributed by atoms with Crippen molar-refractivity contribution in [3.63, 3.8) is 0 Å². The van der Waals surface area contributed by atoms with Gasteiger partial charge in [-0.05, 0) is 29.9 Å². The zero-order chi connectivity index (χ0) is 13.1. The molecule has 0 aliphatic rings. The van der Waals surface area contributed by atoms with Crippen LogP contribution in [0.4, 0.5) is 0 Å². The first-order valence-corrected chi connectivity index (χ1v) is 7.27. The molecule has 0 aliphatic heterocycles. The lowest BCUT2D eigenvalue weighted by Gasteiger charge is -2.06. The van der Waals surface area contributed by atoms with Gasteiger partial charge in [-0.2, -0.15) is 5.10 Å². The molecule has 2 heterocycles. The van der Waals surface area contributed by atoms with Gasteiger partial charge in [0.25, 0.3) is 0 Å². The second-order valence-corrected chi connectivity index (χ2v) is 5.35. The number of carbonyl (C=O) groups is 1. The maximum atomic E-state index is 12.5. The third-order valence-corrected chi connectivity index (χ3v) is 4.01. The number of ketones is 1. The van der Waals surface area contributed by atoms with Gasteiger partial charge in [0.05, 0.1) is 16.1 Å². The predicted molar refractivity (Wildman–Crippen MR) is 74.7 cm³/mol. The molecule has 0 saturated heterocycles. The Morgan fingerprint density at radius 3 is 2.94 bits per heavy atom. The molecule has 0 atom stereocenters. The smallest absolute Gasteiger partial charge is 0.222 e. The second kappa shape index (κ2) is 5.67. The molecule has 0 N–H and O–H groups in total. The standard InChI is InChI=1S/C13H15ClN2OS/c1-3-6-16-11(10(14)8-15-16)12(17)13-9(4-2)5-7-18-13/h5,7-8H,3-4,6H2,1-2H3. The van der Waals surface area contributed by atoms with Gasteiger partial charge in [-0.25, -0.2) is 0 Å². The molecule has 18 heavy (non-hydrogen) atoms. The van der Waals surface area contributed by atoms with Crippen LogP contribution >= 0.6 is 22.9 Å². The average Bonchev–Trinajstić information content (AvgIpc) is 2.96. The summed E-state index contributed by atoms with van der Waals surface area (Å²) in [6.45, 7) is 4.80. The summed E-state index contributed by atoms with van der Waals surface area (Å²) < 4.78 is 1.70. The van der Waals surface area contributed by atoms with E-state index in [1.54, 1.807) is 10.9 Å². The highest BCUT2D eigenvalue weighted by atomic mass is 35.5. The number of hydrogen-bond acceptors (Lipinski definition) is 3. The SMILES string of the molecule is CCCn1ncc(Cl)c1C(=O)c1sccc1CC. The van der Waals surface area contributed by atoms with Crippen molar-refractivity contribution in [2.75, 3.05) is 0 Å². The van der Waals surface area contributed by atoms with E-state index >= 15 is 0 Å². The van der Waals surface area contributed by atoms with Crippen molar-refractivity contribution in [2.45, 2.75) is 33.2 Å². The van der Waals surface area contributed by atoms with E-state index in [9.17, 15) is 4.79 Å². The van der Waals surface area contributed by atoms with E-state index in [0.717, 1.165) is 23.3 Å². The van der Waals surface area contributed by atoms with Crippen LogP contribution in [-0.2, 0) is 13.0 Å². The summed E-state index contributed by atoms with van der Waals surface area (Å²) >= 11 is 7.56. The zero-order valence-electron chi connectivity index (χ0n) is 10.4. The minimum atomic E-state index is -0.0159. The molecular formula is C13H15ClN2OS. The summed E-state index contributed by atoms with van der Waals surface area (Å²) in [7, 11) is 0. The normalized spacial score (nSPS) is 10.8. The monoisotopic (exact) mass is 282 g/mol. The maximum Gasteiger partial charge on any atom is 0.222 e. The quantitative estimate of drug-likeness (QED) is 0.782. The lowest BCUT2D eigenvalue weighted by atomic mass is 10.1. The van der Waals surface area contributed by atoms with Crippen LogP contribution in [0.15, 0.2) is 17.6 Å². The molecule has 0 amide bonds. The predicted octanol–water partition coefficient (Wildman–Crippen LogP) is 3.80. The topological polar surface area (TPSA) is 34.9 Å². The maximum absolute atomic E-state index is 12.5. The highest BCUT2D eigenvalue weighted by Gasteiger charge is 2.21. The number of rotatable bonds is 5. The van der Waals surface area contributed by atoms with E-state index < -0.39 is 0 Å². The highest BCUT2D eigenvalue weighted by Crippen LogP contribution is 2.25. The Labute approximate surface area is 115 Å². The van der Waals surface area contributed by atoms with Crippen LogP contribution in [0.3, 0.4) is 0 Å². The van der Waals surface area contributed by atoms with E-state index in [-0.39, 0.29) is 5.78 Å². The van der Waals surface area contributed by atoms with E-state index in [1.807, 2.05) is 25.3 Å². The number of aryl methyl sites for hydroxylation is 2. The first-order valence-electron chi connectivity index (χ1n) is 6.01. The molecule has 0 bridgehead atoms. The van der Waals surface area contributed by atoms with Crippen molar-refractivity contribution in [1.29, 1.82) is 0 Å². The third-order valence-electron chi connectivity index (χ3n) is 2.78. The summed E-state index contributed by atoms with van der Waals surface area (Å²) in [6, 6.07) is 1.99. The second-order valence-electron chi connectivity index (χ2n) is 4.02. The molecule has 2 aromatic heterocycles. The van der Waals surface area contributed by atoms with Gasteiger partial charge in [0.2, 0.25) is 5.78 Å². The summed E-state index contributed by atoms with van der Waals surface area (Å²) in [5.41, 5.74) is 1.58. The molecule has 3 nitrogen and oxygen atoms in total. The Morgan fingerprint density at radius 2 is 2.28 bits per heavy atom. The Balaban J connectivity index is 2.42. The van der Waals surface area contributed by atoms with Crippen LogP contribution in [0.25, 0.3) is 0 Å². The van der Waals surface area contributed by atoms with Crippen LogP contribution in [0.5, 0.6) is 0 Å². The first-order chi connectivity index (χ1) is 8.69. The molecule has 0 unspecified atom stereocenters. The van der Waals surface area contributed by atoms with Crippen LogP contribution in [0.2, 0.25) is 5.02 Å². The van der Waals surface area contributed by atoms with Crippen molar-refractivity contribution in [3.8, 4) is 0 Å². The van der Waals surface area contributed by atoms with Gasteiger partial charge in [-0.15, -0.1) is 11.3 Å². The summed E-state index contributed by atoms with van der Waals surface area (Å²) in [6.07, 6.45) is 3.32. The molecule has 96 valence electrons. The molecular weight excluding hydrogens is 268 g/mol. The van der Waals surface area contributed by atoms with Crippen LogP contribution in [0, 0.1) is 0 Å². The Hall–Kier alpha value is -1.13. The van der Waals surface area contributed by atoms with Gasteiger partial charge in [0.1, 0.15) is 5.69 Å². The van der Waals surface area contributed by atoms with E-state index in [2.05, 4.69) is 5.10 Å². The molecule has 0 saturated carbocycles. The van der Waals surface area contributed by atoms with Gasteiger partial charge in [-0.1, -0.05) is 25.4 Å². The fourth-order valence-corrected chi connectivity index (χ4v) is 3.05. The number of nitrogens with zero attached hydrogens (tertiary/aromatic N) is 2.